The molecule has 1 saturated carbocycles. The second-order valence-corrected chi connectivity index (χ2v) is 5.19. The van der Waals surface area contributed by atoms with E-state index in [2.05, 4.69) is 5.32 Å². The smallest absolute Gasteiger partial charge is 0.309 e. The average Bonchev–Trinajstić information content (AvgIpc) is 2.98. The molecule has 1 unspecified atom stereocenters. The van der Waals surface area contributed by atoms with E-state index in [-0.39, 0.29) is 12.5 Å². The number of nitrogens with zero attached hydrogens (tertiary/aromatic N) is 1. The van der Waals surface area contributed by atoms with Crippen molar-refractivity contribution in [2.75, 3.05) is 13.1 Å². The van der Waals surface area contributed by atoms with Gasteiger partial charge in [0.25, 0.3) is 0 Å². The number of carboxylic acid groups (broad SMARTS) is 1. The Morgan fingerprint density at radius 3 is 2.62 bits per heavy atom. The summed E-state index contributed by atoms with van der Waals surface area (Å²) in [5, 5.41) is 11.8. The van der Waals surface area contributed by atoms with E-state index in [9.17, 15) is 9.59 Å². The van der Waals surface area contributed by atoms with Crippen molar-refractivity contribution in [2.24, 2.45) is 5.92 Å². The van der Waals surface area contributed by atoms with Crippen LogP contribution < -0.4 is 5.32 Å². The van der Waals surface area contributed by atoms with Crippen LogP contribution in [0.25, 0.3) is 0 Å². The highest BCUT2D eigenvalue weighted by atomic mass is 16.4. The highest BCUT2D eigenvalue weighted by molar-refractivity contribution is 5.86. The van der Waals surface area contributed by atoms with Gasteiger partial charge in [-0.15, -0.1) is 0 Å². The van der Waals surface area contributed by atoms with Gasteiger partial charge in [-0.05, 0) is 26.7 Å². The second kappa shape index (κ2) is 3.73. The Balaban J connectivity index is 2.21. The molecule has 5 heteroatoms. The molecule has 5 nitrogen and oxygen atoms in total. The van der Waals surface area contributed by atoms with Crippen molar-refractivity contribution in [2.45, 2.75) is 38.3 Å². The fourth-order valence-corrected chi connectivity index (χ4v) is 2.25. The maximum atomic E-state index is 11.9. The van der Waals surface area contributed by atoms with Gasteiger partial charge in [0.2, 0.25) is 5.91 Å². The van der Waals surface area contributed by atoms with Crippen molar-refractivity contribution in [3.8, 4) is 0 Å². The number of hydrogen-bond acceptors (Lipinski definition) is 3. The summed E-state index contributed by atoms with van der Waals surface area (Å²) in [6, 6.07) is 0.390. The van der Waals surface area contributed by atoms with Gasteiger partial charge in [0.15, 0.2) is 0 Å². The van der Waals surface area contributed by atoms with E-state index < -0.39 is 17.4 Å². The van der Waals surface area contributed by atoms with E-state index in [0.29, 0.717) is 12.6 Å². The summed E-state index contributed by atoms with van der Waals surface area (Å²) in [7, 11) is 0. The number of nitrogens with one attached hydrogen (secondary N) is 1. The number of hydrogen-bond donors (Lipinski definition) is 2. The molecule has 2 rings (SSSR count). The number of aliphatic carboxylic acids is 1. The summed E-state index contributed by atoms with van der Waals surface area (Å²) >= 11 is 0. The zero-order chi connectivity index (χ0) is 11.9. The topological polar surface area (TPSA) is 69.6 Å². The Morgan fingerprint density at radius 2 is 2.12 bits per heavy atom. The molecule has 2 aliphatic rings. The number of rotatable bonds is 2. The van der Waals surface area contributed by atoms with Crippen LogP contribution in [-0.4, -0.2) is 46.6 Å². The molecular formula is C11H18N2O3. The minimum atomic E-state index is -0.830. The van der Waals surface area contributed by atoms with Crippen molar-refractivity contribution in [3.05, 3.63) is 0 Å². The second-order valence-electron chi connectivity index (χ2n) is 5.19. The lowest BCUT2D eigenvalue weighted by Crippen LogP contribution is -2.53. The summed E-state index contributed by atoms with van der Waals surface area (Å²) in [6.07, 6.45) is 2.14. The van der Waals surface area contributed by atoms with Crippen LogP contribution in [0.2, 0.25) is 0 Å². The molecule has 1 aliphatic carbocycles. The summed E-state index contributed by atoms with van der Waals surface area (Å²) in [5.74, 6) is -1.39. The van der Waals surface area contributed by atoms with E-state index in [1.165, 1.54) is 0 Å². The molecular weight excluding hydrogens is 208 g/mol. The first kappa shape index (κ1) is 11.4. The summed E-state index contributed by atoms with van der Waals surface area (Å²) < 4.78 is 0. The van der Waals surface area contributed by atoms with Crippen molar-refractivity contribution >= 4 is 11.9 Å². The largest absolute Gasteiger partial charge is 0.481 e. The number of carboxylic acids is 1. The third-order valence-corrected chi connectivity index (χ3v) is 3.54. The van der Waals surface area contributed by atoms with E-state index >= 15 is 0 Å². The van der Waals surface area contributed by atoms with Gasteiger partial charge in [-0.2, -0.15) is 0 Å². The number of carbonyl (C=O) groups is 2. The van der Waals surface area contributed by atoms with E-state index in [0.717, 1.165) is 12.8 Å². The van der Waals surface area contributed by atoms with Gasteiger partial charge in [-0.3, -0.25) is 14.5 Å². The van der Waals surface area contributed by atoms with Gasteiger partial charge in [0, 0.05) is 19.1 Å². The minimum Gasteiger partial charge on any atom is -0.481 e. The molecule has 0 radical (unpaired) electrons. The third kappa shape index (κ3) is 1.91. The average molecular weight is 226 g/mol. The molecule has 1 heterocycles. The first-order chi connectivity index (χ1) is 7.43. The van der Waals surface area contributed by atoms with E-state index in [4.69, 9.17) is 5.11 Å². The van der Waals surface area contributed by atoms with Crippen LogP contribution in [0.5, 0.6) is 0 Å². The highest BCUT2D eigenvalue weighted by Crippen LogP contribution is 2.34. The van der Waals surface area contributed by atoms with Crippen molar-refractivity contribution in [3.63, 3.8) is 0 Å². The maximum absolute atomic E-state index is 11.9. The van der Waals surface area contributed by atoms with Gasteiger partial charge in [0.1, 0.15) is 0 Å². The predicted octanol–water partition coefficient (Wildman–Crippen LogP) is 0.0600. The molecule has 2 N–H and O–H groups in total. The molecule has 1 atom stereocenters. The monoisotopic (exact) mass is 226 g/mol. The number of amides is 1. The Morgan fingerprint density at radius 1 is 1.50 bits per heavy atom. The van der Waals surface area contributed by atoms with Crippen LogP contribution in [-0.2, 0) is 9.59 Å². The molecule has 0 spiro atoms. The predicted molar refractivity (Wildman–Crippen MR) is 57.9 cm³/mol. The molecule has 16 heavy (non-hydrogen) atoms. The molecule has 0 aromatic carbocycles. The molecule has 1 saturated heterocycles. The van der Waals surface area contributed by atoms with Gasteiger partial charge < -0.3 is 10.4 Å². The molecule has 90 valence electrons. The third-order valence-electron chi connectivity index (χ3n) is 3.54. The minimum absolute atomic E-state index is 0.0665. The van der Waals surface area contributed by atoms with Gasteiger partial charge in [-0.1, -0.05) is 0 Å². The Labute approximate surface area is 94.8 Å². The highest BCUT2D eigenvalue weighted by Gasteiger charge is 2.46. The summed E-state index contributed by atoms with van der Waals surface area (Å²) in [5.41, 5.74) is -0.592. The lowest BCUT2D eigenvalue weighted by molar-refractivity contribution is -0.142. The van der Waals surface area contributed by atoms with Crippen LogP contribution in [0, 0.1) is 5.92 Å². The fraction of sp³-hybridized carbons (Fsp3) is 0.818. The van der Waals surface area contributed by atoms with Crippen molar-refractivity contribution < 1.29 is 14.7 Å². The first-order valence-corrected chi connectivity index (χ1v) is 5.71. The molecule has 1 amide bonds. The zero-order valence-electron chi connectivity index (χ0n) is 9.69. The summed E-state index contributed by atoms with van der Waals surface area (Å²) in [6.45, 7) is 4.43. The van der Waals surface area contributed by atoms with Crippen LogP contribution in [0.1, 0.15) is 26.7 Å². The molecule has 0 bridgehead atoms. The van der Waals surface area contributed by atoms with E-state index in [1.807, 2.05) is 18.7 Å². The molecule has 1 aliphatic heterocycles. The quantitative estimate of drug-likeness (QED) is 0.698. The maximum Gasteiger partial charge on any atom is 0.309 e. The lowest BCUT2D eigenvalue weighted by atomic mass is 10.0. The van der Waals surface area contributed by atoms with Crippen LogP contribution >= 0.6 is 0 Å². The van der Waals surface area contributed by atoms with Crippen LogP contribution in [0.4, 0.5) is 0 Å². The standard InChI is InChI=1S/C11H18N2O3/c1-11(2)10(16)12-5-7(9(14)15)6-13(11)8-3-4-8/h7-8H,3-6H2,1-2H3,(H,12,16)(H,14,15). The Bertz CT molecular complexity index is 323. The van der Waals surface area contributed by atoms with Gasteiger partial charge in [0.05, 0.1) is 11.5 Å². The zero-order valence-corrected chi connectivity index (χ0v) is 9.69. The summed E-state index contributed by atoms with van der Waals surface area (Å²) in [4.78, 5) is 25.0. The lowest BCUT2D eigenvalue weighted by Gasteiger charge is -2.35. The van der Waals surface area contributed by atoms with Crippen LogP contribution in [0.15, 0.2) is 0 Å². The van der Waals surface area contributed by atoms with Gasteiger partial charge in [-0.25, -0.2) is 0 Å². The molecule has 0 aromatic rings. The van der Waals surface area contributed by atoms with Gasteiger partial charge >= 0.3 is 5.97 Å². The SMILES string of the molecule is CC1(C)C(=O)NCC(C(=O)O)CN1C1CC1. The van der Waals surface area contributed by atoms with Crippen LogP contribution in [0.3, 0.4) is 0 Å². The normalized spacial score (nSPS) is 30.6. The van der Waals surface area contributed by atoms with E-state index in [1.54, 1.807) is 0 Å². The van der Waals surface area contributed by atoms with Crippen molar-refractivity contribution in [1.29, 1.82) is 0 Å². The first-order valence-electron chi connectivity index (χ1n) is 5.71. The fourth-order valence-electron chi connectivity index (χ4n) is 2.25. The molecule has 0 aromatic heterocycles. The van der Waals surface area contributed by atoms with Crippen molar-refractivity contribution in [1.82, 2.24) is 10.2 Å². The Kier molecular flexibility index (Phi) is 2.66. The molecule has 2 fully saturated rings. The Hall–Kier alpha value is -1.10. The number of carbonyl (C=O) groups excluding carboxylic acids is 1.